The minimum Gasteiger partial charge on any atom is -0.392 e. The molecule has 3 N–H and O–H groups in total. The molecule has 106 valence electrons. The molecule has 1 aromatic carbocycles. The monoisotopic (exact) mass is 284 g/mol. The van der Waals surface area contributed by atoms with E-state index in [9.17, 15) is 20.1 Å². The molecular formula is C14H20O4S. The molecule has 0 aliphatic heterocycles. The number of rotatable bonds is 6. The van der Waals surface area contributed by atoms with Crippen molar-refractivity contribution in [3.63, 3.8) is 0 Å². The van der Waals surface area contributed by atoms with Gasteiger partial charge < -0.3 is 15.3 Å². The summed E-state index contributed by atoms with van der Waals surface area (Å²) in [6.07, 6.45) is -1.58. The number of carbonyl (C=O) groups excluding carboxylic acids is 1. The maximum absolute atomic E-state index is 10.8. The first-order valence-corrected chi connectivity index (χ1v) is 7.14. The van der Waals surface area contributed by atoms with Gasteiger partial charge in [0.1, 0.15) is 6.10 Å². The molecule has 0 amide bonds. The van der Waals surface area contributed by atoms with Crippen molar-refractivity contribution in [2.75, 3.05) is 5.75 Å². The van der Waals surface area contributed by atoms with Crippen LogP contribution in [-0.4, -0.2) is 32.3 Å². The van der Waals surface area contributed by atoms with Crippen molar-refractivity contribution < 1.29 is 20.1 Å². The molecule has 2 unspecified atom stereocenters. The summed E-state index contributed by atoms with van der Waals surface area (Å²) in [5.41, 5.74) is 2.14. The Kier molecular flexibility index (Phi) is 6.51. The van der Waals surface area contributed by atoms with E-state index in [0.29, 0.717) is 17.7 Å². The Bertz CT molecular complexity index is 433. The zero-order valence-corrected chi connectivity index (χ0v) is 12.0. The molecule has 1 rings (SSSR count). The molecule has 0 saturated carbocycles. The van der Waals surface area contributed by atoms with Gasteiger partial charge in [0.2, 0.25) is 0 Å². The number of benzene rings is 1. The molecule has 0 spiro atoms. The fourth-order valence-electron chi connectivity index (χ4n) is 1.88. The summed E-state index contributed by atoms with van der Waals surface area (Å²) in [5, 5.41) is 29.2. The molecule has 0 bridgehead atoms. The number of aliphatic hydroxyl groups is 3. The molecule has 5 heteroatoms. The van der Waals surface area contributed by atoms with Crippen LogP contribution >= 0.6 is 11.8 Å². The van der Waals surface area contributed by atoms with Crippen molar-refractivity contribution in [3.05, 3.63) is 34.9 Å². The highest BCUT2D eigenvalue weighted by molar-refractivity contribution is 8.13. The van der Waals surface area contributed by atoms with E-state index in [0.717, 1.165) is 22.9 Å². The quantitative estimate of drug-likeness (QED) is 0.739. The highest BCUT2D eigenvalue weighted by atomic mass is 32.2. The van der Waals surface area contributed by atoms with Crippen LogP contribution in [-0.2, 0) is 11.4 Å². The second kappa shape index (κ2) is 7.65. The molecule has 0 heterocycles. The molecule has 1 aromatic rings. The summed E-state index contributed by atoms with van der Waals surface area (Å²) in [6.45, 7) is 3.19. The van der Waals surface area contributed by atoms with Crippen LogP contribution in [0.25, 0.3) is 0 Å². The number of thioether (sulfide) groups is 1. The van der Waals surface area contributed by atoms with Gasteiger partial charge in [0.25, 0.3) is 0 Å². The van der Waals surface area contributed by atoms with E-state index in [2.05, 4.69) is 0 Å². The molecule has 4 nitrogen and oxygen atoms in total. The SMILES string of the molecule is CC(=O)SCCC(O)C(O)c1cccc(CO)c1C. The van der Waals surface area contributed by atoms with Gasteiger partial charge >= 0.3 is 0 Å². The number of hydrogen-bond acceptors (Lipinski definition) is 5. The zero-order valence-electron chi connectivity index (χ0n) is 11.2. The standard InChI is InChI=1S/C14H20O4S/c1-9-11(8-15)4-3-5-12(9)14(18)13(17)6-7-19-10(2)16/h3-5,13-15,17-18H,6-8H2,1-2H3. The number of hydrogen-bond donors (Lipinski definition) is 3. The van der Waals surface area contributed by atoms with Gasteiger partial charge in [-0.25, -0.2) is 0 Å². The lowest BCUT2D eigenvalue weighted by Gasteiger charge is -2.20. The van der Waals surface area contributed by atoms with E-state index < -0.39 is 12.2 Å². The van der Waals surface area contributed by atoms with Gasteiger partial charge in [-0.05, 0) is 30.0 Å². The summed E-state index contributed by atoms with van der Waals surface area (Å²) in [4.78, 5) is 10.8. The maximum atomic E-state index is 10.8. The number of carbonyl (C=O) groups is 1. The lowest BCUT2D eigenvalue weighted by Crippen LogP contribution is -2.20. The highest BCUT2D eigenvalue weighted by Gasteiger charge is 2.20. The second-order valence-corrected chi connectivity index (χ2v) is 5.70. The van der Waals surface area contributed by atoms with E-state index >= 15 is 0 Å². The van der Waals surface area contributed by atoms with Crippen LogP contribution < -0.4 is 0 Å². The van der Waals surface area contributed by atoms with E-state index in [4.69, 9.17) is 0 Å². The van der Waals surface area contributed by atoms with Crippen LogP contribution in [0.2, 0.25) is 0 Å². The average molecular weight is 284 g/mol. The molecule has 0 aromatic heterocycles. The van der Waals surface area contributed by atoms with Crippen molar-refractivity contribution >= 4 is 16.9 Å². The van der Waals surface area contributed by atoms with Gasteiger partial charge in [0.05, 0.1) is 12.7 Å². The molecule has 0 saturated heterocycles. The topological polar surface area (TPSA) is 77.8 Å². The number of aliphatic hydroxyl groups excluding tert-OH is 3. The Morgan fingerprint density at radius 2 is 2.05 bits per heavy atom. The minimum atomic E-state index is -1.00. The predicted octanol–water partition coefficient (Wildman–Crippen LogP) is 1.55. The van der Waals surface area contributed by atoms with E-state index in [-0.39, 0.29) is 11.7 Å². The summed E-state index contributed by atoms with van der Waals surface area (Å²) in [6, 6.07) is 5.26. The van der Waals surface area contributed by atoms with Gasteiger partial charge in [-0.3, -0.25) is 4.79 Å². The van der Waals surface area contributed by atoms with Crippen LogP contribution in [0.4, 0.5) is 0 Å². The molecule has 0 aliphatic rings. The van der Waals surface area contributed by atoms with Crippen LogP contribution in [0.5, 0.6) is 0 Å². The van der Waals surface area contributed by atoms with Gasteiger partial charge in [0.15, 0.2) is 5.12 Å². The van der Waals surface area contributed by atoms with E-state index in [1.165, 1.54) is 6.92 Å². The molecule has 19 heavy (non-hydrogen) atoms. The van der Waals surface area contributed by atoms with Crippen LogP contribution in [0.15, 0.2) is 18.2 Å². The molecular weight excluding hydrogens is 264 g/mol. The highest BCUT2D eigenvalue weighted by Crippen LogP contribution is 2.25. The van der Waals surface area contributed by atoms with Crippen LogP contribution in [0.3, 0.4) is 0 Å². The Balaban J connectivity index is 2.71. The minimum absolute atomic E-state index is 0.000137. The van der Waals surface area contributed by atoms with Gasteiger partial charge in [-0.2, -0.15) is 0 Å². The summed E-state index contributed by atoms with van der Waals surface area (Å²) < 4.78 is 0. The van der Waals surface area contributed by atoms with Crippen molar-refractivity contribution in [2.45, 2.75) is 39.1 Å². The predicted molar refractivity (Wildman–Crippen MR) is 75.8 cm³/mol. The normalized spacial score (nSPS) is 14.2. The van der Waals surface area contributed by atoms with Crippen LogP contribution in [0.1, 0.15) is 36.1 Å². The third-order valence-electron chi connectivity index (χ3n) is 3.06. The van der Waals surface area contributed by atoms with E-state index in [1.807, 2.05) is 0 Å². The molecule has 0 fully saturated rings. The fraction of sp³-hybridized carbons (Fsp3) is 0.500. The Morgan fingerprint density at radius 3 is 2.63 bits per heavy atom. The lowest BCUT2D eigenvalue weighted by atomic mass is 9.95. The van der Waals surface area contributed by atoms with Gasteiger partial charge in [-0.1, -0.05) is 30.0 Å². The summed E-state index contributed by atoms with van der Waals surface area (Å²) in [7, 11) is 0. The summed E-state index contributed by atoms with van der Waals surface area (Å²) in [5.74, 6) is 0.478. The Hall–Kier alpha value is -0.880. The van der Waals surface area contributed by atoms with Crippen molar-refractivity contribution in [2.24, 2.45) is 0 Å². The third-order valence-corrected chi connectivity index (χ3v) is 3.91. The maximum Gasteiger partial charge on any atom is 0.185 e. The van der Waals surface area contributed by atoms with Crippen molar-refractivity contribution in [1.29, 1.82) is 0 Å². The molecule has 2 atom stereocenters. The van der Waals surface area contributed by atoms with Crippen LogP contribution in [0, 0.1) is 6.92 Å². The Morgan fingerprint density at radius 1 is 1.37 bits per heavy atom. The first-order valence-electron chi connectivity index (χ1n) is 6.16. The lowest BCUT2D eigenvalue weighted by molar-refractivity contribution is -0.109. The largest absolute Gasteiger partial charge is 0.392 e. The molecule has 0 aliphatic carbocycles. The smallest absolute Gasteiger partial charge is 0.185 e. The summed E-state index contributed by atoms with van der Waals surface area (Å²) >= 11 is 1.13. The van der Waals surface area contributed by atoms with E-state index in [1.54, 1.807) is 25.1 Å². The van der Waals surface area contributed by atoms with Gasteiger partial charge in [-0.15, -0.1) is 0 Å². The van der Waals surface area contributed by atoms with Crippen molar-refractivity contribution in [1.82, 2.24) is 0 Å². The Labute approximate surface area is 117 Å². The van der Waals surface area contributed by atoms with Gasteiger partial charge in [0, 0.05) is 12.7 Å². The second-order valence-electron chi connectivity index (χ2n) is 4.43. The first kappa shape index (κ1) is 16.2. The van der Waals surface area contributed by atoms with Crippen molar-refractivity contribution in [3.8, 4) is 0 Å². The average Bonchev–Trinajstić information content (AvgIpc) is 2.37. The first-order chi connectivity index (χ1) is 8.97. The third kappa shape index (κ3) is 4.62. The fourth-order valence-corrected chi connectivity index (χ4v) is 2.53. The zero-order chi connectivity index (χ0) is 14.4. The molecule has 0 radical (unpaired) electrons.